The Labute approximate surface area is 168 Å². The molecule has 27 heavy (non-hydrogen) atoms. The van der Waals surface area contributed by atoms with Crippen LogP contribution in [0.3, 0.4) is 0 Å². The molecule has 2 aromatic rings. The van der Waals surface area contributed by atoms with Crippen molar-refractivity contribution in [1.29, 1.82) is 0 Å². The summed E-state index contributed by atoms with van der Waals surface area (Å²) in [4.78, 5) is 32.9. The van der Waals surface area contributed by atoms with Crippen molar-refractivity contribution in [3.05, 3.63) is 51.0 Å². The molecule has 1 N–H and O–H groups in total. The first-order valence-corrected chi connectivity index (χ1v) is 9.73. The summed E-state index contributed by atoms with van der Waals surface area (Å²) in [6, 6.07) is 7.04. The number of carbonyl (C=O) groups is 1. The Hall–Kier alpha value is -2.19. The molecule has 0 fully saturated rings. The normalized spacial score (nSPS) is 10.9. The van der Waals surface area contributed by atoms with E-state index in [0.29, 0.717) is 22.4 Å². The smallest absolute Gasteiger partial charge is 0.293 e. The van der Waals surface area contributed by atoms with Gasteiger partial charge in [0.25, 0.3) is 11.5 Å². The maximum Gasteiger partial charge on any atom is 0.293 e. The lowest BCUT2D eigenvalue weighted by atomic mass is 10.2. The van der Waals surface area contributed by atoms with Crippen LogP contribution in [-0.4, -0.2) is 58.5 Å². The van der Waals surface area contributed by atoms with Gasteiger partial charge in [-0.05, 0) is 53.3 Å². The van der Waals surface area contributed by atoms with E-state index in [2.05, 4.69) is 45.0 Å². The molecule has 1 aromatic heterocycles. The summed E-state index contributed by atoms with van der Waals surface area (Å²) >= 11 is 3.28. The fraction of sp³-hybridized carbons (Fsp3) is 0.421. The summed E-state index contributed by atoms with van der Waals surface area (Å²) < 4.78 is 2.01. The van der Waals surface area contributed by atoms with Crippen LogP contribution >= 0.6 is 15.9 Å². The highest BCUT2D eigenvalue weighted by molar-refractivity contribution is 9.10. The Kier molecular flexibility index (Phi) is 7.55. The number of nitrogens with one attached hydrogen (secondary N) is 1. The Balaban J connectivity index is 2.04. The third-order valence-corrected chi connectivity index (χ3v) is 4.81. The first-order valence-electron chi connectivity index (χ1n) is 8.93. The number of benzene rings is 1. The molecule has 1 aromatic carbocycles. The molecule has 0 aliphatic heterocycles. The second kappa shape index (κ2) is 9.66. The summed E-state index contributed by atoms with van der Waals surface area (Å²) in [6.07, 6.45) is 1.60. The quantitative estimate of drug-likeness (QED) is 0.689. The van der Waals surface area contributed by atoms with Crippen molar-refractivity contribution >= 4 is 33.3 Å². The molecule has 0 radical (unpaired) electrons. The number of anilines is 2. The van der Waals surface area contributed by atoms with Gasteiger partial charge in [0.1, 0.15) is 4.60 Å². The van der Waals surface area contributed by atoms with Gasteiger partial charge in [0.15, 0.2) is 5.82 Å². The second-order valence-corrected chi connectivity index (χ2v) is 7.10. The van der Waals surface area contributed by atoms with Crippen LogP contribution in [0.5, 0.6) is 0 Å². The van der Waals surface area contributed by atoms with Crippen molar-refractivity contribution in [3.63, 3.8) is 0 Å². The van der Waals surface area contributed by atoms with Gasteiger partial charge in [0, 0.05) is 44.6 Å². The van der Waals surface area contributed by atoms with Crippen molar-refractivity contribution in [2.75, 3.05) is 38.5 Å². The highest BCUT2D eigenvalue weighted by Gasteiger charge is 2.13. The molecule has 7 nitrogen and oxygen atoms in total. The zero-order valence-electron chi connectivity index (χ0n) is 16.2. The van der Waals surface area contributed by atoms with E-state index in [1.54, 1.807) is 42.4 Å². The molecule has 2 rings (SSSR count). The third kappa shape index (κ3) is 5.64. The van der Waals surface area contributed by atoms with Gasteiger partial charge in [0.2, 0.25) is 0 Å². The number of aryl methyl sites for hydroxylation is 1. The lowest BCUT2D eigenvalue weighted by molar-refractivity contribution is 0.0780. The van der Waals surface area contributed by atoms with E-state index in [1.807, 2.05) is 7.05 Å². The van der Waals surface area contributed by atoms with Crippen LogP contribution in [0.1, 0.15) is 24.2 Å². The monoisotopic (exact) mass is 435 g/mol. The number of likely N-dealkylation sites (N-methyl/N-ethyl adjacent to an activating group) is 2. The molecule has 0 saturated carbocycles. The summed E-state index contributed by atoms with van der Waals surface area (Å²) in [6.45, 7) is 7.71. The fourth-order valence-corrected chi connectivity index (χ4v) is 3.12. The SMILES string of the molecule is CCN(CC)CCN(C)C(=O)c1ccc(Nc2nc(Br)cn(C)c2=O)cc1. The van der Waals surface area contributed by atoms with Gasteiger partial charge in [-0.25, -0.2) is 4.98 Å². The summed E-state index contributed by atoms with van der Waals surface area (Å²) in [5, 5.41) is 3.00. The maximum atomic E-state index is 12.6. The zero-order chi connectivity index (χ0) is 20.0. The topological polar surface area (TPSA) is 70.5 Å². The van der Waals surface area contributed by atoms with Gasteiger partial charge in [-0.15, -0.1) is 0 Å². The molecule has 0 bridgehead atoms. The highest BCUT2D eigenvalue weighted by Crippen LogP contribution is 2.15. The van der Waals surface area contributed by atoms with Crippen LogP contribution in [0.25, 0.3) is 0 Å². The summed E-state index contributed by atoms with van der Waals surface area (Å²) in [5.41, 5.74) is 1.08. The van der Waals surface area contributed by atoms with Crippen molar-refractivity contribution in [2.45, 2.75) is 13.8 Å². The molecule has 1 amide bonds. The van der Waals surface area contributed by atoms with Crippen LogP contribution in [0.2, 0.25) is 0 Å². The van der Waals surface area contributed by atoms with Crippen LogP contribution < -0.4 is 10.9 Å². The van der Waals surface area contributed by atoms with E-state index in [1.165, 1.54) is 4.57 Å². The van der Waals surface area contributed by atoms with Crippen molar-refractivity contribution in [3.8, 4) is 0 Å². The fourth-order valence-electron chi connectivity index (χ4n) is 2.64. The summed E-state index contributed by atoms with van der Waals surface area (Å²) in [5.74, 6) is 0.201. The Morgan fingerprint density at radius 2 is 1.81 bits per heavy atom. The molecule has 146 valence electrons. The van der Waals surface area contributed by atoms with E-state index in [4.69, 9.17) is 0 Å². The van der Waals surface area contributed by atoms with Crippen LogP contribution in [0.4, 0.5) is 11.5 Å². The van der Waals surface area contributed by atoms with Gasteiger partial charge in [-0.3, -0.25) is 9.59 Å². The van der Waals surface area contributed by atoms with Crippen molar-refractivity contribution in [2.24, 2.45) is 7.05 Å². The predicted molar refractivity (Wildman–Crippen MR) is 112 cm³/mol. The first-order chi connectivity index (χ1) is 12.8. The minimum absolute atomic E-state index is 0.0230. The van der Waals surface area contributed by atoms with E-state index < -0.39 is 0 Å². The highest BCUT2D eigenvalue weighted by atomic mass is 79.9. The second-order valence-electron chi connectivity index (χ2n) is 6.28. The van der Waals surface area contributed by atoms with Crippen LogP contribution in [0, 0.1) is 0 Å². The minimum atomic E-state index is -0.227. The number of hydrogen-bond donors (Lipinski definition) is 1. The van der Waals surface area contributed by atoms with E-state index in [-0.39, 0.29) is 17.3 Å². The molecule has 8 heteroatoms. The molecule has 1 heterocycles. The van der Waals surface area contributed by atoms with Crippen LogP contribution in [0.15, 0.2) is 39.9 Å². The number of rotatable bonds is 8. The Morgan fingerprint density at radius 1 is 1.19 bits per heavy atom. The molecular formula is C19H26BrN5O2. The van der Waals surface area contributed by atoms with E-state index in [9.17, 15) is 9.59 Å². The van der Waals surface area contributed by atoms with Gasteiger partial charge in [-0.1, -0.05) is 13.8 Å². The third-order valence-electron chi connectivity index (χ3n) is 4.43. The van der Waals surface area contributed by atoms with Crippen molar-refractivity contribution in [1.82, 2.24) is 19.4 Å². The number of aromatic nitrogens is 2. The average molecular weight is 436 g/mol. The number of hydrogen-bond acceptors (Lipinski definition) is 5. The lowest BCUT2D eigenvalue weighted by Gasteiger charge is -2.23. The van der Waals surface area contributed by atoms with Crippen LogP contribution in [-0.2, 0) is 7.05 Å². The Bertz CT molecular complexity index is 831. The number of halogens is 1. The van der Waals surface area contributed by atoms with Gasteiger partial charge >= 0.3 is 0 Å². The summed E-state index contributed by atoms with van der Waals surface area (Å²) in [7, 11) is 3.48. The number of carbonyl (C=O) groups excluding carboxylic acids is 1. The van der Waals surface area contributed by atoms with Gasteiger partial charge < -0.3 is 19.7 Å². The molecule has 0 aliphatic rings. The van der Waals surface area contributed by atoms with E-state index in [0.717, 1.165) is 19.6 Å². The minimum Gasteiger partial charge on any atom is -0.340 e. The van der Waals surface area contributed by atoms with Crippen molar-refractivity contribution < 1.29 is 4.79 Å². The predicted octanol–water partition coefficient (Wildman–Crippen LogP) is 2.70. The maximum absolute atomic E-state index is 12.6. The largest absolute Gasteiger partial charge is 0.340 e. The first kappa shape index (κ1) is 21.1. The number of nitrogens with zero attached hydrogens (tertiary/aromatic N) is 4. The molecule has 0 unspecified atom stereocenters. The molecular weight excluding hydrogens is 410 g/mol. The zero-order valence-corrected chi connectivity index (χ0v) is 17.8. The lowest BCUT2D eigenvalue weighted by Crippen LogP contribution is -2.36. The number of amides is 1. The molecule has 0 atom stereocenters. The molecule has 0 saturated heterocycles. The van der Waals surface area contributed by atoms with Gasteiger partial charge in [0.05, 0.1) is 0 Å². The molecule has 0 spiro atoms. The molecule has 0 aliphatic carbocycles. The van der Waals surface area contributed by atoms with E-state index >= 15 is 0 Å². The average Bonchev–Trinajstić information content (AvgIpc) is 2.66. The Morgan fingerprint density at radius 3 is 2.41 bits per heavy atom. The standard InChI is InChI=1S/C19H26BrN5O2/c1-5-25(6-2)12-11-23(3)18(26)14-7-9-15(10-8-14)21-17-19(27)24(4)13-16(20)22-17/h7-10,13H,5-6,11-12H2,1-4H3,(H,21,22). The van der Waals surface area contributed by atoms with Gasteiger partial charge in [-0.2, -0.15) is 0 Å².